The smallest absolute Gasteiger partial charge is 0.196 e. The van der Waals surface area contributed by atoms with Gasteiger partial charge in [-0.25, -0.2) is 0 Å². The van der Waals surface area contributed by atoms with Crippen molar-refractivity contribution in [3.63, 3.8) is 0 Å². The van der Waals surface area contributed by atoms with Crippen LogP contribution in [-0.4, -0.2) is 19.0 Å². The lowest BCUT2D eigenvalue weighted by molar-refractivity contribution is 0.103. The fourth-order valence-corrected chi connectivity index (χ4v) is 4.08. The van der Waals surface area contributed by atoms with E-state index in [1.165, 1.54) is 0 Å². The van der Waals surface area contributed by atoms with Gasteiger partial charge in [0.15, 0.2) is 5.78 Å². The van der Waals surface area contributed by atoms with Crippen LogP contribution in [-0.2, 0) is 6.42 Å². The van der Waals surface area contributed by atoms with Crippen molar-refractivity contribution in [3.05, 3.63) is 59.2 Å². The minimum absolute atomic E-state index is 0.101. The number of carbonyl (C=O) groups excluding carboxylic acids is 1. The molecule has 0 saturated carbocycles. The number of hydrogen-bond acceptors (Lipinski definition) is 2. The largest absolute Gasteiger partial charge is 0.507 e. The highest BCUT2D eigenvalue weighted by molar-refractivity contribution is 6.89. The predicted molar refractivity (Wildman–Crippen MR) is 95.0 cm³/mol. The second kappa shape index (κ2) is 6.49. The van der Waals surface area contributed by atoms with Crippen molar-refractivity contribution in [1.29, 1.82) is 0 Å². The van der Waals surface area contributed by atoms with Gasteiger partial charge in [-0.3, -0.25) is 4.79 Å². The number of benzene rings is 2. The molecule has 0 aliphatic rings. The second-order valence-electron chi connectivity index (χ2n) is 6.73. The summed E-state index contributed by atoms with van der Waals surface area (Å²) in [5.74, 6) is 0.0726. The number of rotatable bonds is 5. The number of phenols is 1. The summed E-state index contributed by atoms with van der Waals surface area (Å²) in [6.07, 6.45) is 1.95. The van der Waals surface area contributed by atoms with Crippen molar-refractivity contribution < 1.29 is 9.90 Å². The van der Waals surface area contributed by atoms with Crippen LogP contribution in [0.1, 0.15) is 34.8 Å². The van der Waals surface area contributed by atoms with Crippen LogP contribution in [0.15, 0.2) is 42.5 Å². The van der Waals surface area contributed by atoms with E-state index in [0.29, 0.717) is 11.1 Å². The summed E-state index contributed by atoms with van der Waals surface area (Å²) < 4.78 is 0. The maximum absolute atomic E-state index is 12.8. The highest BCUT2D eigenvalue weighted by atomic mass is 28.3. The molecule has 2 aromatic carbocycles. The van der Waals surface area contributed by atoms with Crippen LogP contribution < -0.4 is 5.19 Å². The Balaban J connectivity index is 2.59. The number of phenolic OH excluding ortho intramolecular Hbond substituents is 1. The Morgan fingerprint density at radius 2 is 1.73 bits per heavy atom. The Morgan fingerprint density at radius 3 is 2.27 bits per heavy atom. The molecular formula is C19H24O2Si. The van der Waals surface area contributed by atoms with E-state index in [1.807, 2.05) is 24.3 Å². The van der Waals surface area contributed by atoms with E-state index in [9.17, 15) is 9.90 Å². The minimum atomic E-state index is -1.72. The first-order valence-electron chi connectivity index (χ1n) is 7.80. The maximum atomic E-state index is 12.8. The summed E-state index contributed by atoms with van der Waals surface area (Å²) in [5.41, 5.74) is 2.19. The standard InChI is InChI=1S/C19H24O2Si/c1-5-9-14-12-16(18(20)15-10-7-6-8-11-15)19(21)17(13-14)22(2,3)4/h6-8,10-13,21H,5,9H2,1-4H3. The average molecular weight is 312 g/mol. The molecule has 0 aliphatic heterocycles. The van der Waals surface area contributed by atoms with Crippen LogP contribution in [0.2, 0.25) is 19.6 Å². The van der Waals surface area contributed by atoms with Gasteiger partial charge in [-0.05, 0) is 23.2 Å². The Labute approximate surface area is 133 Å². The quantitative estimate of drug-likeness (QED) is 0.666. The third kappa shape index (κ3) is 3.47. The molecule has 2 nitrogen and oxygen atoms in total. The van der Waals surface area contributed by atoms with Crippen molar-refractivity contribution in [2.75, 3.05) is 0 Å². The Hall–Kier alpha value is -1.87. The zero-order chi connectivity index (χ0) is 16.3. The van der Waals surface area contributed by atoms with Crippen LogP contribution >= 0.6 is 0 Å². The van der Waals surface area contributed by atoms with Gasteiger partial charge in [0.05, 0.1) is 13.6 Å². The third-order valence-corrected chi connectivity index (χ3v) is 5.79. The Kier molecular flexibility index (Phi) is 4.86. The molecule has 0 aromatic heterocycles. The molecule has 0 saturated heterocycles. The number of aromatic hydroxyl groups is 1. The number of aryl methyl sites for hydroxylation is 1. The van der Waals surface area contributed by atoms with Crippen LogP contribution in [0.5, 0.6) is 5.75 Å². The molecule has 0 aliphatic carbocycles. The Bertz CT molecular complexity index is 670. The topological polar surface area (TPSA) is 37.3 Å². The van der Waals surface area contributed by atoms with Gasteiger partial charge in [0.25, 0.3) is 0 Å². The van der Waals surface area contributed by atoms with Crippen LogP contribution in [0, 0.1) is 0 Å². The molecule has 0 radical (unpaired) electrons. The third-order valence-electron chi connectivity index (χ3n) is 3.80. The first kappa shape index (κ1) is 16.5. The highest BCUT2D eigenvalue weighted by Gasteiger charge is 2.25. The van der Waals surface area contributed by atoms with Crippen LogP contribution in [0.3, 0.4) is 0 Å². The van der Waals surface area contributed by atoms with Crippen molar-refractivity contribution in [3.8, 4) is 5.75 Å². The van der Waals surface area contributed by atoms with Crippen molar-refractivity contribution in [2.45, 2.75) is 39.4 Å². The number of hydrogen-bond donors (Lipinski definition) is 1. The van der Waals surface area contributed by atoms with E-state index < -0.39 is 8.07 Å². The molecule has 0 heterocycles. The number of ketones is 1. The van der Waals surface area contributed by atoms with Gasteiger partial charge in [-0.15, -0.1) is 0 Å². The zero-order valence-corrected chi connectivity index (χ0v) is 14.8. The molecule has 1 N–H and O–H groups in total. The minimum Gasteiger partial charge on any atom is -0.507 e. The summed E-state index contributed by atoms with van der Waals surface area (Å²) in [6, 6.07) is 13.1. The lowest BCUT2D eigenvalue weighted by atomic mass is 9.98. The van der Waals surface area contributed by atoms with E-state index in [0.717, 1.165) is 23.6 Å². The summed E-state index contributed by atoms with van der Waals surface area (Å²) in [7, 11) is -1.72. The molecule has 0 fully saturated rings. The van der Waals surface area contributed by atoms with Crippen LogP contribution in [0.4, 0.5) is 0 Å². The van der Waals surface area contributed by atoms with Gasteiger partial charge in [-0.1, -0.05) is 69.4 Å². The van der Waals surface area contributed by atoms with E-state index >= 15 is 0 Å². The first-order chi connectivity index (χ1) is 10.3. The fourth-order valence-electron chi connectivity index (χ4n) is 2.62. The van der Waals surface area contributed by atoms with Crippen molar-refractivity contribution in [2.24, 2.45) is 0 Å². The van der Waals surface area contributed by atoms with Gasteiger partial charge in [-0.2, -0.15) is 0 Å². The van der Waals surface area contributed by atoms with Crippen molar-refractivity contribution in [1.82, 2.24) is 0 Å². The molecule has 2 rings (SSSR count). The van der Waals surface area contributed by atoms with E-state index in [-0.39, 0.29) is 11.5 Å². The van der Waals surface area contributed by atoms with E-state index in [2.05, 4.69) is 32.6 Å². The lowest BCUT2D eigenvalue weighted by Gasteiger charge is -2.21. The molecule has 22 heavy (non-hydrogen) atoms. The average Bonchev–Trinajstić information content (AvgIpc) is 2.48. The molecule has 0 unspecified atom stereocenters. The predicted octanol–water partition coefficient (Wildman–Crippen LogP) is 4.12. The zero-order valence-electron chi connectivity index (χ0n) is 13.8. The second-order valence-corrected chi connectivity index (χ2v) is 11.8. The van der Waals surface area contributed by atoms with E-state index in [1.54, 1.807) is 12.1 Å². The summed E-state index contributed by atoms with van der Waals surface area (Å²) >= 11 is 0. The first-order valence-corrected chi connectivity index (χ1v) is 11.3. The van der Waals surface area contributed by atoms with Gasteiger partial charge < -0.3 is 5.11 Å². The maximum Gasteiger partial charge on any atom is 0.196 e. The summed E-state index contributed by atoms with van der Waals surface area (Å²) in [5, 5.41) is 11.6. The van der Waals surface area contributed by atoms with Crippen molar-refractivity contribution >= 4 is 19.0 Å². The van der Waals surface area contributed by atoms with E-state index in [4.69, 9.17) is 0 Å². The molecule has 0 atom stereocenters. The summed E-state index contributed by atoms with van der Waals surface area (Å²) in [4.78, 5) is 12.8. The van der Waals surface area contributed by atoms with Gasteiger partial charge >= 0.3 is 0 Å². The molecule has 0 amide bonds. The fraction of sp³-hybridized carbons (Fsp3) is 0.316. The SMILES string of the molecule is CCCc1cc(C(=O)c2ccccc2)c(O)c([Si](C)(C)C)c1. The molecule has 0 bridgehead atoms. The Morgan fingerprint density at radius 1 is 1.09 bits per heavy atom. The highest BCUT2D eigenvalue weighted by Crippen LogP contribution is 2.24. The number of carbonyl (C=O) groups is 1. The van der Waals surface area contributed by atoms with Gasteiger partial charge in [0.1, 0.15) is 5.75 Å². The lowest BCUT2D eigenvalue weighted by Crippen LogP contribution is -2.38. The normalized spacial score (nSPS) is 11.5. The van der Waals surface area contributed by atoms with Gasteiger partial charge in [0, 0.05) is 5.56 Å². The molecule has 116 valence electrons. The molecule has 2 aromatic rings. The summed E-state index contributed by atoms with van der Waals surface area (Å²) in [6.45, 7) is 8.69. The van der Waals surface area contributed by atoms with Gasteiger partial charge in [0.2, 0.25) is 0 Å². The monoisotopic (exact) mass is 312 g/mol. The molecule has 0 spiro atoms. The molecule has 3 heteroatoms. The van der Waals surface area contributed by atoms with Crippen LogP contribution in [0.25, 0.3) is 0 Å². The molecular weight excluding hydrogens is 288 g/mol.